The molecule has 0 fully saturated rings. The fourth-order valence-electron chi connectivity index (χ4n) is 1.80. The first kappa shape index (κ1) is 12.6. The van der Waals surface area contributed by atoms with Crippen molar-refractivity contribution in [3.8, 4) is 11.5 Å². The number of benzene rings is 1. The summed E-state index contributed by atoms with van der Waals surface area (Å²) in [5.41, 5.74) is 0.965. The highest BCUT2D eigenvalue weighted by atomic mass is 35.5. The van der Waals surface area contributed by atoms with E-state index in [0.29, 0.717) is 18.4 Å². The summed E-state index contributed by atoms with van der Waals surface area (Å²) in [7, 11) is 0. The molecular formula is C14H12ClNO2S. The fourth-order valence-corrected chi connectivity index (χ4v) is 2.81. The van der Waals surface area contributed by atoms with Gasteiger partial charge < -0.3 is 9.47 Å². The molecule has 3 rings (SSSR count). The van der Waals surface area contributed by atoms with Crippen molar-refractivity contribution in [2.75, 3.05) is 13.2 Å². The van der Waals surface area contributed by atoms with Gasteiger partial charge in [0.15, 0.2) is 11.5 Å². The van der Waals surface area contributed by atoms with Crippen molar-refractivity contribution in [2.24, 2.45) is 0 Å². The van der Waals surface area contributed by atoms with Crippen molar-refractivity contribution in [2.45, 2.75) is 10.6 Å². The predicted molar refractivity (Wildman–Crippen MR) is 76.2 cm³/mol. The summed E-state index contributed by atoms with van der Waals surface area (Å²) in [4.78, 5) is 5.39. The molecule has 0 unspecified atom stereocenters. The Kier molecular flexibility index (Phi) is 3.80. The van der Waals surface area contributed by atoms with E-state index in [1.807, 2.05) is 30.3 Å². The molecule has 3 nitrogen and oxygen atoms in total. The Morgan fingerprint density at radius 3 is 2.79 bits per heavy atom. The second kappa shape index (κ2) is 5.72. The molecule has 5 heteroatoms. The van der Waals surface area contributed by atoms with E-state index in [1.165, 1.54) is 0 Å². The number of rotatable bonds is 3. The monoisotopic (exact) mass is 293 g/mol. The van der Waals surface area contributed by atoms with Crippen molar-refractivity contribution < 1.29 is 9.47 Å². The van der Waals surface area contributed by atoms with Crippen LogP contribution >= 0.6 is 23.4 Å². The minimum Gasteiger partial charge on any atom is -0.486 e. The van der Waals surface area contributed by atoms with Gasteiger partial charge in [-0.05, 0) is 30.3 Å². The molecule has 0 aliphatic carbocycles. The van der Waals surface area contributed by atoms with E-state index >= 15 is 0 Å². The van der Waals surface area contributed by atoms with Gasteiger partial charge in [-0.1, -0.05) is 17.7 Å². The third-order valence-corrected chi connectivity index (χ3v) is 3.91. The Bertz CT molecular complexity index is 591. The Labute approximate surface area is 120 Å². The van der Waals surface area contributed by atoms with E-state index in [9.17, 15) is 0 Å². The van der Waals surface area contributed by atoms with E-state index in [1.54, 1.807) is 17.8 Å². The van der Waals surface area contributed by atoms with E-state index in [4.69, 9.17) is 21.1 Å². The maximum absolute atomic E-state index is 5.86. The number of hydrogen-bond donors (Lipinski definition) is 0. The lowest BCUT2D eigenvalue weighted by Crippen LogP contribution is -2.15. The van der Waals surface area contributed by atoms with Crippen molar-refractivity contribution in [1.29, 1.82) is 0 Å². The minimum atomic E-state index is 0.528. The third-order valence-electron chi connectivity index (χ3n) is 2.67. The number of pyridine rings is 1. The smallest absolute Gasteiger partial charge is 0.162 e. The molecule has 0 atom stereocenters. The molecule has 1 aliphatic rings. The van der Waals surface area contributed by atoms with Gasteiger partial charge in [0.1, 0.15) is 18.4 Å². The SMILES string of the molecule is Clc1cccc(CSc2ccc3c(c2)OCCO3)n1. The molecule has 2 heterocycles. The summed E-state index contributed by atoms with van der Waals surface area (Å²) >= 11 is 7.56. The Morgan fingerprint density at radius 1 is 1.11 bits per heavy atom. The van der Waals surface area contributed by atoms with Crippen molar-refractivity contribution >= 4 is 23.4 Å². The van der Waals surface area contributed by atoms with Crippen LogP contribution in [0, 0.1) is 0 Å². The molecule has 19 heavy (non-hydrogen) atoms. The zero-order valence-electron chi connectivity index (χ0n) is 10.1. The van der Waals surface area contributed by atoms with Gasteiger partial charge in [0, 0.05) is 10.6 Å². The molecule has 0 N–H and O–H groups in total. The first-order chi connectivity index (χ1) is 9.31. The molecule has 98 valence electrons. The zero-order chi connectivity index (χ0) is 13.1. The maximum Gasteiger partial charge on any atom is 0.162 e. The number of hydrogen-bond acceptors (Lipinski definition) is 4. The largest absolute Gasteiger partial charge is 0.486 e. The average Bonchev–Trinajstić information content (AvgIpc) is 2.45. The van der Waals surface area contributed by atoms with Crippen LogP contribution in [-0.2, 0) is 5.75 Å². The number of thioether (sulfide) groups is 1. The number of aromatic nitrogens is 1. The molecule has 1 aromatic heterocycles. The second-order valence-electron chi connectivity index (χ2n) is 4.05. The molecule has 0 spiro atoms. The third kappa shape index (κ3) is 3.14. The van der Waals surface area contributed by atoms with Crippen LogP contribution in [0.2, 0.25) is 5.15 Å². The van der Waals surface area contributed by atoms with Crippen molar-refractivity contribution in [3.63, 3.8) is 0 Å². The summed E-state index contributed by atoms with van der Waals surface area (Å²) in [5, 5.41) is 0.528. The van der Waals surface area contributed by atoms with Crippen LogP contribution in [0.3, 0.4) is 0 Å². The fraction of sp³-hybridized carbons (Fsp3) is 0.214. The molecule has 0 bridgehead atoms. The summed E-state index contributed by atoms with van der Waals surface area (Å²) in [6, 6.07) is 11.6. The molecular weight excluding hydrogens is 282 g/mol. The Morgan fingerprint density at radius 2 is 1.95 bits per heavy atom. The first-order valence-electron chi connectivity index (χ1n) is 5.95. The van der Waals surface area contributed by atoms with Crippen LogP contribution in [0.25, 0.3) is 0 Å². The van der Waals surface area contributed by atoms with Gasteiger partial charge in [-0.2, -0.15) is 0 Å². The van der Waals surface area contributed by atoms with Crippen LogP contribution in [0.15, 0.2) is 41.3 Å². The van der Waals surface area contributed by atoms with Gasteiger partial charge in [-0.25, -0.2) is 4.98 Å². The van der Waals surface area contributed by atoms with Crippen LogP contribution in [0.5, 0.6) is 11.5 Å². The van der Waals surface area contributed by atoms with E-state index in [-0.39, 0.29) is 0 Å². The van der Waals surface area contributed by atoms with Crippen LogP contribution < -0.4 is 9.47 Å². The Hall–Kier alpha value is -1.39. The second-order valence-corrected chi connectivity index (χ2v) is 5.48. The predicted octanol–water partition coefficient (Wildman–Crippen LogP) is 3.80. The topological polar surface area (TPSA) is 31.4 Å². The van der Waals surface area contributed by atoms with Crippen molar-refractivity contribution in [1.82, 2.24) is 4.98 Å². The standard InChI is InChI=1S/C14H12ClNO2S/c15-14-3-1-2-10(16-14)9-19-11-4-5-12-13(8-11)18-7-6-17-12/h1-5,8H,6-7,9H2. The van der Waals surface area contributed by atoms with Gasteiger partial charge in [-0.15, -0.1) is 11.8 Å². The highest BCUT2D eigenvalue weighted by Gasteiger charge is 2.11. The van der Waals surface area contributed by atoms with E-state index in [0.717, 1.165) is 27.8 Å². The quantitative estimate of drug-likeness (QED) is 0.636. The van der Waals surface area contributed by atoms with E-state index < -0.39 is 0 Å². The van der Waals surface area contributed by atoms with Gasteiger partial charge in [0.2, 0.25) is 0 Å². The van der Waals surface area contributed by atoms with E-state index in [2.05, 4.69) is 4.98 Å². The van der Waals surface area contributed by atoms with Gasteiger partial charge in [-0.3, -0.25) is 0 Å². The van der Waals surface area contributed by atoms with Crippen LogP contribution in [-0.4, -0.2) is 18.2 Å². The normalized spacial score (nSPS) is 13.3. The number of fused-ring (bicyclic) bond motifs is 1. The molecule has 0 amide bonds. The highest BCUT2D eigenvalue weighted by Crippen LogP contribution is 2.34. The summed E-state index contributed by atoms with van der Waals surface area (Å²) < 4.78 is 11.1. The average molecular weight is 294 g/mol. The van der Waals surface area contributed by atoms with Gasteiger partial charge in [0.25, 0.3) is 0 Å². The molecule has 0 saturated heterocycles. The zero-order valence-corrected chi connectivity index (χ0v) is 11.7. The van der Waals surface area contributed by atoms with Crippen molar-refractivity contribution in [3.05, 3.63) is 47.2 Å². The lowest BCUT2D eigenvalue weighted by Gasteiger charge is -2.18. The molecule has 1 aromatic carbocycles. The lowest BCUT2D eigenvalue weighted by molar-refractivity contribution is 0.171. The molecule has 0 radical (unpaired) electrons. The number of nitrogens with zero attached hydrogens (tertiary/aromatic N) is 1. The maximum atomic E-state index is 5.86. The van der Waals surface area contributed by atoms with Crippen LogP contribution in [0.4, 0.5) is 0 Å². The summed E-state index contributed by atoms with van der Waals surface area (Å²) in [5.74, 6) is 2.41. The van der Waals surface area contributed by atoms with Crippen LogP contribution in [0.1, 0.15) is 5.69 Å². The number of halogens is 1. The van der Waals surface area contributed by atoms with Gasteiger partial charge >= 0.3 is 0 Å². The summed E-state index contributed by atoms with van der Waals surface area (Å²) in [6.07, 6.45) is 0. The first-order valence-corrected chi connectivity index (χ1v) is 7.31. The number of ether oxygens (including phenoxy) is 2. The Balaban J connectivity index is 1.70. The molecule has 0 saturated carbocycles. The summed E-state index contributed by atoms with van der Waals surface area (Å²) in [6.45, 7) is 1.23. The molecule has 2 aromatic rings. The lowest BCUT2D eigenvalue weighted by atomic mass is 10.3. The van der Waals surface area contributed by atoms with Gasteiger partial charge in [0.05, 0.1) is 5.69 Å². The highest BCUT2D eigenvalue weighted by molar-refractivity contribution is 7.98. The molecule has 1 aliphatic heterocycles. The minimum absolute atomic E-state index is 0.528.